The highest BCUT2D eigenvalue weighted by Crippen LogP contribution is 2.09. The summed E-state index contributed by atoms with van der Waals surface area (Å²) in [6.45, 7) is 3.72. The van der Waals surface area contributed by atoms with Crippen LogP contribution < -0.4 is 4.74 Å². The molecular formula is C10H14N2O3. The van der Waals surface area contributed by atoms with Gasteiger partial charge >= 0.3 is 0 Å². The monoisotopic (exact) mass is 210 g/mol. The molecule has 1 rings (SSSR count). The van der Waals surface area contributed by atoms with Gasteiger partial charge in [-0.1, -0.05) is 6.07 Å². The van der Waals surface area contributed by atoms with Gasteiger partial charge in [-0.05, 0) is 19.9 Å². The quantitative estimate of drug-likeness (QED) is 0.548. The normalized spacial score (nSPS) is 10.3. The third-order valence-corrected chi connectivity index (χ3v) is 1.69. The standard InChI is InChI=1S/C10H14N2O3/c1-8(2)15-10-5-3-4-9(11-10)6-7-12(13)14/h3-5,8H,6-7H2,1-2H3. The molecule has 0 radical (unpaired) electrons. The van der Waals surface area contributed by atoms with Crippen molar-refractivity contribution >= 4 is 0 Å². The largest absolute Gasteiger partial charge is 0.475 e. The summed E-state index contributed by atoms with van der Waals surface area (Å²) < 4.78 is 5.38. The molecule has 0 amide bonds. The van der Waals surface area contributed by atoms with E-state index >= 15 is 0 Å². The fraction of sp³-hybridized carbons (Fsp3) is 0.500. The van der Waals surface area contributed by atoms with Crippen LogP contribution in [0.15, 0.2) is 18.2 Å². The summed E-state index contributed by atoms with van der Waals surface area (Å²) in [5, 5.41) is 10.2. The van der Waals surface area contributed by atoms with Gasteiger partial charge in [0.1, 0.15) is 0 Å². The van der Waals surface area contributed by atoms with Crippen LogP contribution in [0.5, 0.6) is 5.88 Å². The molecule has 1 aromatic heterocycles. The lowest BCUT2D eigenvalue weighted by atomic mass is 10.3. The van der Waals surface area contributed by atoms with Crippen LogP contribution in [0.3, 0.4) is 0 Å². The number of pyridine rings is 1. The second kappa shape index (κ2) is 5.29. The molecule has 0 fully saturated rings. The number of hydrogen-bond acceptors (Lipinski definition) is 4. The Morgan fingerprint density at radius 2 is 2.27 bits per heavy atom. The van der Waals surface area contributed by atoms with Crippen molar-refractivity contribution in [3.05, 3.63) is 34.0 Å². The Balaban J connectivity index is 2.61. The average molecular weight is 210 g/mol. The fourth-order valence-electron chi connectivity index (χ4n) is 1.11. The molecule has 0 bridgehead atoms. The third-order valence-electron chi connectivity index (χ3n) is 1.69. The lowest BCUT2D eigenvalue weighted by molar-refractivity contribution is -0.479. The molecule has 1 aromatic rings. The van der Waals surface area contributed by atoms with Crippen molar-refractivity contribution in [3.8, 4) is 5.88 Å². The molecule has 0 unspecified atom stereocenters. The van der Waals surface area contributed by atoms with E-state index in [1.54, 1.807) is 18.2 Å². The minimum atomic E-state index is -0.350. The van der Waals surface area contributed by atoms with Gasteiger partial charge in [0.2, 0.25) is 12.4 Å². The van der Waals surface area contributed by atoms with E-state index in [0.29, 0.717) is 18.0 Å². The first-order valence-electron chi connectivity index (χ1n) is 4.82. The van der Waals surface area contributed by atoms with Crippen LogP contribution in [0, 0.1) is 10.1 Å². The lowest BCUT2D eigenvalue weighted by Crippen LogP contribution is -2.09. The van der Waals surface area contributed by atoms with E-state index in [9.17, 15) is 10.1 Å². The Kier molecular flexibility index (Phi) is 4.03. The summed E-state index contributed by atoms with van der Waals surface area (Å²) >= 11 is 0. The van der Waals surface area contributed by atoms with E-state index in [1.165, 1.54) is 0 Å². The van der Waals surface area contributed by atoms with Crippen LogP contribution in [0.2, 0.25) is 0 Å². The van der Waals surface area contributed by atoms with E-state index < -0.39 is 0 Å². The van der Waals surface area contributed by atoms with Crippen molar-refractivity contribution in [1.82, 2.24) is 4.98 Å². The highest BCUT2D eigenvalue weighted by molar-refractivity contribution is 5.16. The SMILES string of the molecule is CC(C)Oc1cccc(CC[N+](=O)[O-])n1. The summed E-state index contributed by atoms with van der Waals surface area (Å²) in [5.41, 5.74) is 0.685. The molecule has 15 heavy (non-hydrogen) atoms. The van der Waals surface area contributed by atoms with Crippen molar-refractivity contribution in [3.63, 3.8) is 0 Å². The molecule has 0 aliphatic heterocycles. The number of aromatic nitrogens is 1. The summed E-state index contributed by atoms with van der Waals surface area (Å²) in [4.78, 5) is 14.0. The zero-order chi connectivity index (χ0) is 11.3. The van der Waals surface area contributed by atoms with Gasteiger partial charge in [-0.2, -0.15) is 0 Å². The lowest BCUT2D eigenvalue weighted by Gasteiger charge is -2.08. The Hall–Kier alpha value is -1.65. The summed E-state index contributed by atoms with van der Waals surface area (Å²) in [7, 11) is 0. The molecule has 1 heterocycles. The van der Waals surface area contributed by atoms with Gasteiger partial charge in [0.15, 0.2) is 0 Å². The Morgan fingerprint density at radius 3 is 2.87 bits per heavy atom. The average Bonchev–Trinajstić information content (AvgIpc) is 2.14. The predicted octanol–water partition coefficient (Wildman–Crippen LogP) is 1.69. The van der Waals surface area contributed by atoms with Crippen LogP contribution >= 0.6 is 0 Å². The van der Waals surface area contributed by atoms with Crippen LogP contribution in [0.25, 0.3) is 0 Å². The molecule has 0 N–H and O–H groups in total. The molecule has 0 aliphatic carbocycles. The van der Waals surface area contributed by atoms with Gasteiger partial charge in [-0.3, -0.25) is 10.1 Å². The highest BCUT2D eigenvalue weighted by Gasteiger charge is 2.04. The van der Waals surface area contributed by atoms with E-state index in [2.05, 4.69) is 4.98 Å². The van der Waals surface area contributed by atoms with Gasteiger partial charge in [0, 0.05) is 11.0 Å². The molecule has 5 nitrogen and oxygen atoms in total. The maximum absolute atomic E-state index is 10.2. The van der Waals surface area contributed by atoms with Gasteiger partial charge < -0.3 is 4.74 Å². The van der Waals surface area contributed by atoms with Gasteiger partial charge in [0.25, 0.3) is 0 Å². The topological polar surface area (TPSA) is 65.3 Å². The molecule has 82 valence electrons. The van der Waals surface area contributed by atoms with Gasteiger partial charge in [-0.15, -0.1) is 0 Å². The minimum Gasteiger partial charge on any atom is -0.475 e. The van der Waals surface area contributed by atoms with Crippen LogP contribution in [0.1, 0.15) is 19.5 Å². The fourth-order valence-corrected chi connectivity index (χ4v) is 1.11. The molecule has 0 saturated carbocycles. The molecule has 0 atom stereocenters. The molecule has 0 aromatic carbocycles. The molecule has 5 heteroatoms. The second-order valence-electron chi connectivity index (χ2n) is 3.44. The Bertz CT molecular complexity index is 339. The smallest absolute Gasteiger partial charge is 0.213 e. The molecular weight excluding hydrogens is 196 g/mol. The zero-order valence-electron chi connectivity index (χ0n) is 8.84. The van der Waals surface area contributed by atoms with E-state index in [-0.39, 0.29) is 17.6 Å². The van der Waals surface area contributed by atoms with E-state index in [0.717, 1.165) is 0 Å². The summed E-state index contributed by atoms with van der Waals surface area (Å²) in [6, 6.07) is 5.30. The second-order valence-corrected chi connectivity index (χ2v) is 3.44. The molecule has 0 saturated heterocycles. The maximum Gasteiger partial charge on any atom is 0.213 e. The Morgan fingerprint density at radius 1 is 1.53 bits per heavy atom. The van der Waals surface area contributed by atoms with Crippen molar-refractivity contribution < 1.29 is 9.66 Å². The van der Waals surface area contributed by atoms with Gasteiger partial charge in [-0.25, -0.2) is 4.98 Å². The van der Waals surface area contributed by atoms with Crippen molar-refractivity contribution in [1.29, 1.82) is 0 Å². The number of hydrogen-bond donors (Lipinski definition) is 0. The first kappa shape index (κ1) is 11.4. The number of ether oxygens (including phenoxy) is 1. The zero-order valence-corrected chi connectivity index (χ0v) is 8.84. The van der Waals surface area contributed by atoms with Crippen LogP contribution in [-0.2, 0) is 6.42 Å². The summed E-state index contributed by atoms with van der Waals surface area (Å²) in [6.07, 6.45) is 0.394. The minimum absolute atomic E-state index is 0.0586. The predicted molar refractivity (Wildman–Crippen MR) is 55.6 cm³/mol. The number of nitro groups is 1. The first-order valence-corrected chi connectivity index (χ1v) is 4.82. The van der Waals surface area contributed by atoms with Crippen molar-refractivity contribution in [2.45, 2.75) is 26.4 Å². The molecule has 0 spiro atoms. The number of nitrogens with zero attached hydrogens (tertiary/aromatic N) is 2. The summed E-state index contributed by atoms with van der Waals surface area (Å²) in [5.74, 6) is 0.519. The van der Waals surface area contributed by atoms with Crippen molar-refractivity contribution in [2.75, 3.05) is 6.54 Å². The first-order chi connectivity index (χ1) is 7.08. The van der Waals surface area contributed by atoms with Crippen molar-refractivity contribution in [2.24, 2.45) is 0 Å². The third kappa shape index (κ3) is 4.39. The van der Waals surface area contributed by atoms with E-state index in [1.807, 2.05) is 13.8 Å². The maximum atomic E-state index is 10.2. The molecule has 0 aliphatic rings. The Labute approximate surface area is 88.2 Å². The van der Waals surface area contributed by atoms with E-state index in [4.69, 9.17) is 4.74 Å². The number of rotatable bonds is 5. The highest BCUT2D eigenvalue weighted by atomic mass is 16.6. The van der Waals surface area contributed by atoms with Crippen LogP contribution in [0.4, 0.5) is 0 Å². The van der Waals surface area contributed by atoms with Gasteiger partial charge in [0.05, 0.1) is 18.2 Å². The van der Waals surface area contributed by atoms with Crippen LogP contribution in [-0.4, -0.2) is 22.6 Å².